The lowest BCUT2D eigenvalue weighted by molar-refractivity contribution is -0.134. The number of carbonyl (C=O) groups is 2. The third-order valence-electron chi connectivity index (χ3n) is 13.8. The molecular weight excluding hydrogens is 877 g/mol. The maximum Gasteiger partial charge on any atom is 0.239 e. The quantitative estimate of drug-likeness (QED) is 0.157. The van der Waals surface area contributed by atoms with E-state index in [2.05, 4.69) is 110 Å². The van der Waals surface area contributed by atoms with Crippen molar-refractivity contribution in [2.75, 3.05) is 57.3 Å². The fourth-order valence-electron chi connectivity index (χ4n) is 9.88. The van der Waals surface area contributed by atoms with Crippen molar-refractivity contribution in [3.05, 3.63) is 129 Å². The monoisotopic (exact) mass is 933 g/mol. The topological polar surface area (TPSA) is 104 Å². The molecule has 2 unspecified atom stereocenters. The number of piperidine rings is 1. The van der Waals surface area contributed by atoms with Crippen molar-refractivity contribution in [3.63, 3.8) is 0 Å². The molecular formula is C51H58Cl3N9O2. The van der Waals surface area contributed by atoms with E-state index in [1.165, 1.54) is 17.6 Å². The number of amides is 2. The lowest BCUT2D eigenvalue weighted by Gasteiger charge is -2.37. The van der Waals surface area contributed by atoms with Crippen LogP contribution in [0.5, 0.6) is 0 Å². The minimum Gasteiger partial charge on any atom is -0.368 e. The van der Waals surface area contributed by atoms with E-state index < -0.39 is 0 Å². The first-order valence-corrected chi connectivity index (χ1v) is 24.3. The number of nitrogens with one attached hydrogen (secondary N) is 2. The largest absolute Gasteiger partial charge is 0.368 e. The van der Waals surface area contributed by atoms with E-state index in [9.17, 15) is 9.59 Å². The molecule has 4 aromatic carbocycles. The van der Waals surface area contributed by atoms with Gasteiger partial charge in [-0.25, -0.2) is 9.97 Å². The molecule has 3 fully saturated rings. The number of fused-ring (bicyclic) bond motifs is 2. The number of hydrogen-bond donors (Lipinski definition) is 2. The first-order chi connectivity index (χ1) is 31.5. The molecule has 14 heteroatoms. The molecule has 10 rings (SSSR count). The Labute approximate surface area is 396 Å². The summed E-state index contributed by atoms with van der Waals surface area (Å²) in [4.78, 5) is 41.1. The van der Waals surface area contributed by atoms with Gasteiger partial charge in [0, 0.05) is 60.0 Å². The number of benzene rings is 4. The average molecular weight is 935 g/mol. The van der Waals surface area contributed by atoms with E-state index in [0.29, 0.717) is 16.6 Å². The molecule has 11 nitrogen and oxygen atoms in total. The molecule has 0 saturated carbocycles. The number of imidazole rings is 2. The van der Waals surface area contributed by atoms with Crippen molar-refractivity contribution in [2.45, 2.75) is 83.5 Å². The van der Waals surface area contributed by atoms with Crippen molar-refractivity contribution in [1.82, 2.24) is 39.5 Å². The molecule has 340 valence electrons. The Bertz CT molecular complexity index is 2710. The second kappa shape index (κ2) is 19.9. The summed E-state index contributed by atoms with van der Waals surface area (Å²) in [7, 11) is 0. The van der Waals surface area contributed by atoms with Gasteiger partial charge in [-0.3, -0.25) is 9.59 Å². The summed E-state index contributed by atoms with van der Waals surface area (Å²) in [6, 6.07) is 24.8. The van der Waals surface area contributed by atoms with E-state index in [-0.39, 0.29) is 36.0 Å². The molecule has 6 heterocycles. The molecule has 2 N–H and O–H groups in total. The van der Waals surface area contributed by atoms with Gasteiger partial charge in [-0.2, -0.15) is 0 Å². The highest BCUT2D eigenvalue weighted by Crippen LogP contribution is 2.34. The normalized spacial score (nSPS) is 20.1. The molecule has 0 bridgehead atoms. The van der Waals surface area contributed by atoms with Crippen LogP contribution in [0.4, 0.5) is 5.69 Å². The van der Waals surface area contributed by atoms with E-state index in [4.69, 9.17) is 34.8 Å². The smallest absolute Gasteiger partial charge is 0.239 e. The van der Waals surface area contributed by atoms with Gasteiger partial charge in [0.2, 0.25) is 11.8 Å². The number of carbonyl (C=O) groups excluding carboxylic acids is 2. The first-order valence-electron chi connectivity index (χ1n) is 23.1. The third kappa shape index (κ3) is 9.81. The highest BCUT2D eigenvalue weighted by molar-refractivity contribution is 6.35. The maximum atomic E-state index is 12.9. The van der Waals surface area contributed by atoms with Crippen molar-refractivity contribution in [2.24, 2.45) is 0 Å². The number of piperazine rings is 1. The second-order valence-corrected chi connectivity index (χ2v) is 19.2. The van der Waals surface area contributed by atoms with Crippen LogP contribution >= 0.6 is 34.8 Å². The molecule has 2 amide bonds. The lowest BCUT2D eigenvalue weighted by atomic mass is 9.97. The van der Waals surface area contributed by atoms with Gasteiger partial charge in [-0.15, -0.1) is 0 Å². The van der Waals surface area contributed by atoms with Crippen LogP contribution < -0.4 is 15.5 Å². The summed E-state index contributed by atoms with van der Waals surface area (Å²) in [6.45, 7) is 12.8. The molecule has 2 aromatic heterocycles. The maximum absolute atomic E-state index is 12.9. The van der Waals surface area contributed by atoms with Gasteiger partial charge in [0.05, 0.1) is 58.9 Å². The average Bonchev–Trinajstić information content (AvgIpc) is 4.12. The molecule has 4 atom stereocenters. The first kappa shape index (κ1) is 45.3. The number of aromatic nitrogens is 4. The molecule has 6 aromatic rings. The fourth-order valence-corrected chi connectivity index (χ4v) is 10.8. The summed E-state index contributed by atoms with van der Waals surface area (Å²) < 4.78 is 4.35. The molecule has 4 aliphatic heterocycles. The van der Waals surface area contributed by atoms with Crippen LogP contribution in [0.25, 0.3) is 27.6 Å². The van der Waals surface area contributed by atoms with Gasteiger partial charge < -0.3 is 34.5 Å². The number of nitrogens with zero attached hydrogens (tertiary/aromatic N) is 7. The van der Waals surface area contributed by atoms with E-state index in [1.807, 2.05) is 40.7 Å². The van der Waals surface area contributed by atoms with Crippen LogP contribution in [-0.2, 0) is 9.59 Å². The Morgan fingerprint density at radius 2 is 1.28 bits per heavy atom. The zero-order chi connectivity index (χ0) is 45.2. The summed E-state index contributed by atoms with van der Waals surface area (Å²) >= 11 is 19.1. The van der Waals surface area contributed by atoms with Crippen LogP contribution in [0.1, 0.15) is 86.7 Å². The number of hydrogen-bond acceptors (Lipinski definition) is 7. The number of anilines is 1. The van der Waals surface area contributed by atoms with Crippen LogP contribution in [0, 0.1) is 6.92 Å². The van der Waals surface area contributed by atoms with Crippen LogP contribution in [0.15, 0.2) is 91.5 Å². The fraction of sp³-hybridized carbons (Fsp3) is 0.412. The van der Waals surface area contributed by atoms with Crippen molar-refractivity contribution < 1.29 is 9.59 Å². The molecule has 0 spiro atoms. The minimum absolute atomic E-state index is 0.00510. The van der Waals surface area contributed by atoms with Crippen LogP contribution in [-0.4, -0.2) is 105 Å². The second-order valence-electron chi connectivity index (χ2n) is 18.0. The molecule has 0 aliphatic carbocycles. The third-order valence-corrected chi connectivity index (χ3v) is 14.7. The van der Waals surface area contributed by atoms with Crippen molar-refractivity contribution in [1.29, 1.82) is 0 Å². The summed E-state index contributed by atoms with van der Waals surface area (Å²) in [5, 5.41) is 8.77. The van der Waals surface area contributed by atoms with E-state index in [1.54, 1.807) is 6.07 Å². The SMILES string of the molecule is CC(c1ccc(Cl)cc1Cl)n1cnc2ccc(N3CCN(C(=O)[C@H]4CCCN4)CC3)cc21.Cc1ccc(C(C)n2cnc3ccc(C4=CCN(C(=O)[C@H]5CCCCN5)CC4)cc32)c(Cl)c1. The van der Waals surface area contributed by atoms with E-state index >= 15 is 0 Å². The number of halogens is 3. The van der Waals surface area contributed by atoms with Crippen LogP contribution in [0.2, 0.25) is 15.1 Å². The predicted molar refractivity (Wildman–Crippen MR) is 264 cm³/mol. The van der Waals surface area contributed by atoms with Gasteiger partial charge >= 0.3 is 0 Å². The summed E-state index contributed by atoms with van der Waals surface area (Å²) in [5.74, 6) is 0.506. The van der Waals surface area contributed by atoms with Crippen molar-refractivity contribution in [3.8, 4) is 0 Å². The van der Waals surface area contributed by atoms with Crippen LogP contribution in [0.3, 0.4) is 0 Å². The highest BCUT2D eigenvalue weighted by Gasteiger charge is 2.30. The van der Waals surface area contributed by atoms with Gasteiger partial charge in [-0.1, -0.05) is 71.6 Å². The highest BCUT2D eigenvalue weighted by atomic mass is 35.5. The standard InChI is InChI=1S/C27H31ClN4O.C24H27Cl2N5O/c1-18-6-8-22(23(28)15-18)19(2)32-17-30-24-9-7-21(16-26(24)32)20-10-13-31(14-11-20)27(33)25-5-3-4-12-29-25;1-16(19-6-4-17(25)13-20(19)26)31-15-28-21-7-5-18(14-23(21)31)29-9-11-30(12-10-29)24(32)22-3-2-8-27-22/h6-10,15-17,19,25,29H,3-5,11-14H2,1-2H3;4-7,13-16,22,27H,2-3,8-12H2,1H3/t19?,25-;16?,22-/m11/s1. The Kier molecular flexibility index (Phi) is 13.9. The zero-order valence-electron chi connectivity index (χ0n) is 37.5. The molecule has 3 saturated heterocycles. The molecule has 4 aliphatic rings. The summed E-state index contributed by atoms with van der Waals surface area (Å²) in [5.41, 5.74) is 11.0. The number of rotatable bonds is 8. The summed E-state index contributed by atoms with van der Waals surface area (Å²) in [6.07, 6.45) is 12.2. The molecule has 65 heavy (non-hydrogen) atoms. The Balaban J connectivity index is 0.000000164. The van der Waals surface area contributed by atoms with E-state index in [0.717, 1.165) is 127 Å². The molecule has 0 radical (unpaired) electrons. The number of aryl methyl sites for hydroxylation is 1. The lowest BCUT2D eigenvalue weighted by Crippen LogP contribution is -2.53. The minimum atomic E-state index is -0.00510. The van der Waals surface area contributed by atoms with Gasteiger partial charge in [0.15, 0.2) is 0 Å². The van der Waals surface area contributed by atoms with Gasteiger partial charge in [0.1, 0.15) is 0 Å². The Hall–Kier alpha value is -4.91. The van der Waals surface area contributed by atoms with Gasteiger partial charge in [-0.05, 0) is 142 Å². The Morgan fingerprint density at radius 1 is 0.662 bits per heavy atom. The predicted octanol–water partition coefficient (Wildman–Crippen LogP) is 9.72. The Morgan fingerprint density at radius 3 is 1.89 bits per heavy atom. The van der Waals surface area contributed by atoms with Gasteiger partial charge in [0.25, 0.3) is 0 Å². The van der Waals surface area contributed by atoms with Crippen molar-refractivity contribution >= 4 is 79.9 Å². The zero-order valence-corrected chi connectivity index (χ0v) is 39.7.